The number of nitrogens with two attached hydrogens (primary N) is 1. The van der Waals surface area contributed by atoms with Gasteiger partial charge in [0.05, 0.1) is 16.2 Å². The van der Waals surface area contributed by atoms with Crippen LogP contribution in [0, 0.1) is 32.8 Å². The van der Waals surface area contributed by atoms with E-state index in [9.17, 15) is 20.6 Å². The van der Waals surface area contributed by atoms with Crippen LogP contribution in [0.2, 0.25) is 0 Å². The van der Waals surface area contributed by atoms with Crippen LogP contribution in [0.5, 0.6) is 0 Å². The molecule has 0 saturated carbocycles. The van der Waals surface area contributed by atoms with Crippen LogP contribution in [0.25, 0.3) is 17.3 Å². The second-order valence-electron chi connectivity index (χ2n) is 6.54. The lowest BCUT2D eigenvalue weighted by Crippen LogP contribution is -2.11. The van der Waals surface area contributed by atoms with Gasteiger partial charge in [-0.1, -0.05) is 24.3 Å². The summed E-state index contributed by atoms with van der Waals surface area (Å²) < 4.78 is 1.39. The van der Waals surface area contributed by atoms with Crippen molar-refractivity contribution >= 4 is 28.8 Å². The minimum absolute atomic E-state index is 0.0612. The summed E-state index contributed by atoms with van der Waals surface area (Å²) >= 11 is 0. The first kappa shape index (κ1) is 20.1. The van der Waals surface area contributed by atoms with Crippen LogP contribution in [-0.2, 0) is 0 Å². The van der Waals surface area contributed by atoms with Crippen molar-refractivity contribution in [2.24, 2.45) is 0 Å². The number of hydrogen-bond acceptors (Lipinski definition) is 7. The maximum atomic E-state index is 11.4. The molecule has 0 spiro atoms. The molecule has 0 aliphatic heterocycles. The third-order valence-electron chi connectivity index (χ3n) is 4.40. The molecular formula is C21H17N7O2. The van der Waals surface area contributed by atoms with E-state index in [1.165, 1.54) is 16.8 Å². The number of nitro groups is 1. The van der Waals surface area contributed by atoms with Gasteiger partial charge < -0.3 is 10.6 Å². The molecule has 30 heavy (non-hydrogen) atoms. The Labute approximate surface area is 172 Å². The standard InChI is InChI=1S/C21H17N7O2/c1-26(2)18-9-8-14(11-19(18)28(29)30)10-15(12-22)20-17(13-23)21(24)27(25-20)16-6-4-3-5-7-16/h3-11H,24H2,1-2H3. The molecule has 2 N–H and O–H groups in total. The number of aromatic nitrogens is 2. The average Bonchev–Trinajstić information content (AvgIpc) is 3.08. The molecule has 0 aliphatic carbocycles. The van der Waals surface area contributed by atoms with E-state index in [1.807, 2.05) is 18.2 Å². The zero-order valence-electron chi connectivity index (χ0n) is 16.3. The van der Waals surface area contributed by atoms with Crippen molar-refractivity contribution in [2.45, 2.75) is 0 Å². The number of nitriles is 2. The van der Waals surface area contributed by atoms with E-state index < -0.39 is 4.92 Å². The Kier molecular flexibility index (Phi) is 5.48. The van der Waals surface area contributed by atoms with Crippen molar-refractivity contribution < 1.29 is 4.92 Å². The van der Waals surface area contributed by atoms with E-state index in [4.69, 9.17) is 5.73 Å². The normalized spacial score (nSPS) is 10.9. The van der Waals surface area contributed by atoms with Crippen molar-refractivity contribution in [3.05, 3.63) is 75.5 Å². The molecule has 9 heteroatoms. The third-order valence-corrected chi connectivity index (χ3v) is 4.40. The van der Waals surface area contributed by atoms with Gasteiger partial charge in [-0.05, 0) is 29.8 Å². The smallest absolute Gasteiger partial charge is 0.293 e. The van der Waals surface area contributed by atoms with Crippen LogP contribution in [0.1, 0.15) is 16.8 Å². The molecule has 0 aliphatic rings. The molecule has 0 fully saturated rings. The lowest BCUT2D eigenvalue weighted by atomic mass is 10.0. The van der Waals surface area contributed by atoms with Gasteiger partial charge in [0.15, 0.2) is 0 Å². The highest BCUT2D eigenvalue weighted by molar-refractivity contribution is 5.92. The fourth-order valence-corrected chi connectivity index (χ4v) is 2.97. The van der Waals surface area contributed by atoms with Crippen LogP contribution in [0.3, 0.4) is 0 Å². The minimum atomic E-state index is -0.485. The van der Waals surface area contributed by atoms with E-state index in [-0.39, 0.29) is 28.3 Å². The van der Waals surface area contributed by atoms with Crippen LogP contribution in [0.4, 0.5) is 17.2 Å². The zero-order chi connectivity index (χ0) is 21.8. The molecule has 0 saturated heterocycles. The van der Waals surface area contributed by atoms with E-state index in [2.05, 4.69) is 5.10 Å². The predicted molar refractivity (Wildman–Crippen MR) is 114 cm³/mol. The number of allylic oxidation sites excluding steroid dienone is 1. The zero-order valence-corrected chi connectivity index (χ0v) is 16.3. The third kappa shape index (κ3) is 3.68. The number of para-hydroxylation sites is 1. The summed E-state index contributed by atoms with van der Waals surface area (Å²) in [7, 11) is 3.41. The molecule has 1 heterocycles. The van der Waals surface area contributed by atoms with Gasteiger partial charge in [0.25, 0.3) is 5.69 Å². The fourth-order valence-electron chi connectivity index (χ4n) is 2.97. The van der Waals surface area contributed by atoms with Crippen molar-refractivity contribution in [3.8, 4) is 17.8 Å². The van der Waals surface area contributed by atoms with Crippen LogP contribution in [-0.4, -0.2) is 28.8 Å². The summed E-state index contributed by atoms with van der Waals surface area (Å²) in [6.07, 6.45) is 1.45. The highest BCUT2D eigenvalue weighted by Gasteiger charge is 2.21. The Morgan fingerprint density at radius 2 is 1.93 bits per heavy atom. The quantitative estimate of drug-likeness (QED) is 0.394. The maximum absolute atomic E-state index is 11.4. The van der Waals surface area contributed by atoms with E-state index in [0.717, 1.165) is 0 Å². The second kappa shape index (κ2) is 8.17. The highest BCUT2D eigenvalue weighted by atomic mass is 16.6. The number of rotatable bonds is 5. The summed E-state index contributed by atoms with van der Waals surface area (Å²) in [6.45, 7) is 0. The number of nitro benzene ring substituents is 1. The molecule has 0 atom stereocenters. The topological polar surface area (TPSA) is 138 Å². The number of nitrogens with zero attached hydrogens (tertiary/aromatic N) is 6. The lowest BCUT2D eigenvalue weighted by Gasteiger charge is -2.12. The van der Waals surface area contributed by atoms with Crippen molar-refractivity contribution in [1.82, 2.24) is 9.78 Å². The van der Waals surface area contributed by atoms with Gasteiger partial charge in [-0.3, -0.25) is 10.1 Å². The molecule has 9 nitrogen and oxygen atoms in total. The van der Waals surface area contributed by atoms with Gasteiger partial charge in [0.2, 0.25) is 0 Å². The van der Waals surface area contributed by atoms with Gasteiger partial charge in [-0.25, -0.2) is 4.68 Å². The van der Waals surface area contributed by atoms with Gasteiger partial charge in [-0.15, -0.1) is 0 Å². The Hall–Kier alpha value is -4.63. The fraction of sp³-hybridized carbons (Fsp3) is 0.0952. The molecule has 0 bridgehead atoms. The largest absolute Gasteiger partial charge is 0.382 e. The van der Waals surface area contributed by atoms with Gasteiger partial charge in [0, 0.05) is 20.2 Å². The Balaban J connectivity index is 2.15. The van der Waals surface area contributed by atoms with E-state index in [0.29, 0.717) is 16.9 Å². The van der Waals surface area contributed by atoms with Crippen LogP contribution >= 0.6 is 0 Å². The highest BCUT2D eigenvalue weighted by Crippen LogP contribution is 2.31. The summed E-state index contributed by atoms with van der Waals surface area (Å²) in [5.41, 5.74) is 7.75. The first-order valence-corrected chi connectivity index (χ1v) is 8.79. The molecule has 0 amide bonds. The minimum Gasteiger partial charge on any atom is -0.382 e. The molecule has 0 unspecified atom stereocenters. The molecule has 1 aromatic heterocycles. The number of anilines is 2. The summed E-state index contributed by atoms with van der Waals surface area (Å²) in [5, 5.41) is 35.0. The number of hydrogen-bond donors (Lipinski definition) is 1. The predicted octanol–water partition coefficient (Wildman–Crippen LogP) is 3.36. The van der Waals surface area contributed by atoms with Gasteiger partial charge in [0.1, 0.15) is 34.9 Å². The van der Waals surface area contributed by atoms with Gasteiger partial charge >= 0.3 is 0 Å². The molecule has 3 rings (SSSR count). The van der Waals surface area contributed by atoms with Crippen LogP contribution < -0.4 is 10.6 Å². The lowest BCUT2D eigenvalue weighted by molar-refractivity contribution is -0.384. The number of benzene rings is 2. The van der Waals surface area contributed by atoms with E-state index in [1.54, 1.807) is 55.4 Å². The summed E-state index contributed by atoms with van der Waals surface area (Å²) in [4.78, 5) is 12.6. The monoisotopic (exact) mass is 399 g/mol. The molecule has 2 aromatic carbocycles. The van der Waals surface area contributed by atoms with Gasteiger partial charge in [-0.2, -0.15) is 15.6 Å². The second-order valence-corrected chi connectivity index (χ2v) is 6.54. The average molecular weight is 399 g/mol. The maximum Gasteiger partial charge on any atom is 0.293 e. The number of nitrogen functional groups attached to an aromatic ring is 1. The van der Waals surface area contributed by atoms with Crippen molar-refractivity contribution in [1.29, 1.82) is 10.5 Å². The first-order valence-electron chi connectivity index (χ1n) is 8.79. The van der Waals surface area contributed by atoms with E-state index >= 15 is 0 Å². The SMILES string of the molecule is CN(C)c1ccc(C=C(C#N)c2nn(-c3ccccc3)c(N)c2C#N)cc1[N+](=O)[O-]. The molecule has 3 aromatic rings. The summed E-state index contributed by atoms with van der Waals surface area (Å²) in [6, 6.07) is 17.6. The Morgan fingerprint density at radius 1 is 1.23 bits per heavy atom. The van der Waals surface area contributed by atoms with Crippen molar-refractivity contribution in [3.63, 3.8) is 0 Å². The van der Waals surface area contributed by atoms with Crippen molar-refractivity contribution in [2.75, 3.05) is 24.7 Å². The first-order chi connectivity index (χ1) is 14.4. The Morgan fingerprint density at radius 3 is 2.50 bits per heavy atom. The van der Waals surface area contributed by atoms with Crippen LogP contribution in [0.15, 0.2) is 48.5 Å². The molecular weight excluding hydrogens is 382 g/mol. The Bertz CT molecular complexity index is 1230. The summed E-state index contributed by atoms with van der Waals surface area (Å²) in [5.74, 6) is 0.105. The molecule has 0 radical (unpaired) electrons. The molecule has 148 valence electrons.